The van der Waals surface area contributed by atoms with Gasteiger partial charge in [-0.3, -0.25) is 4.79 Å². The number of nitrogens with one attached hydrogen (secondary N) is 1. The van der Waals surface area contributed by atoms with Crippen LogP contribution in [0, 0.1) is 0 Å². The molecule has 0 aliphatic carbocycles. The molecule has 0 bridgehead atoms. The van der Waals surface area contributed by atoms with Crippen molar-refractivity contribution in [3.05, 3.63) is 54.0 Å². The molecule has 1 amide bonds. The number of para-hydroxylation sites is 2. The van der Waals surface area contributed by atoms with Crippen LogP contribution in [0.15, 0.2) is 48.2 Å². The van der Waals surface area contributed by atoms with E-state index in [4.69, 9.17) is 9.47 Å². The number of carbonyl (C=O) groups excluding carboxylic acids is 1. The summed E-state index contributed by atoms with van der Waals surface area (Å²) in [5, 5.41) is 10.4. The maximum absolute atomic E-state index is 13.0. The first kappa shape index (κ1) is 16.0. The molecule has 0 fully saturated rings. The third-order valence-electron chi connectivity index (χ3n) is 4.33. The molecule has 0 spiro atoms. The number of carbonyl (C=O) groups is 1. The van der Waals surface area contributed by atoms with Crippen LogP contribution in [0.2, 0.25) is 0 Å². The van der Waals surface area contributed by atoms with E-state index >= 15 is 0 Å². The summed E-state index contributed by atoms with van der Waals surface area (Å²) < 4.78 is 10.5. The number of aliphatic hydroxyl groups excluding tert-OH is 1. The SMILES string of the molecule is COc1cc(OC)cc(N2CC(O)=C(c3nc4ccccc4[nH]3)C2=O)c1. The van der Waals surface area contributed by atoms with Crippen molar-refractivity contribution in [1.29, 1.82) is 0 Å². The van der Waals surface area contributed by atoms with Crippen LogP contribution in [0.25, 0.3) is 16.6 Å². The van der Waals surface area contributed by atoms with Crippen LogP contribution in [0.3, 0.4) is 0 Å². The second-order valence-corrected chi connectivity index (χ2v) is 5.89. The number of H-pyrrole nitrogens is 1. The summed E-state index contributed by atoms with van der Waals surface area (Å²) in [5.41, 5.74) is 2.28. The highest BCUT2D eigenvalue weighted by atomic mass is 16.5. The standard InChI is InChI=1S/C19H17N3O4/c1-25-12-7-11(8-13(9-12)26-2)22-10-16(23)17(19(22)24)18-20-14-5-3-4-6-15(14)21-18/h3-9,23H,10H2,1-2H3,(H,20,21). The Hall–Kier alpha value is -3.48. The molecule has 7 heteroatoms. The van der Waals surface area contributed by atoms with Crippen molar-refractivity contribution in [2.24, 2.45) is 0 Å². The number of amides is 1. The van der Waals surface area contributed by atoms with Gasteiger partial charge < -0.3 is 24.5 Å². The van der Waals surface area contributed by atoms with Crippen LogP contribution < -0.4 is 14.4 Å². The van der Waals surface area contributed by atoms with E-state index in [1.807, 2.05) is 24.3 Å². The predicted molar refractivity (Wildman–Crippen MR) is 97.5 cm³/mol. The van der Waals surface area contributed by atoms with Gasteiger partial charge in [-0.1, -0.05) is 12.1 Å². The minimum absolute atomic E-state index is 0.0316. The van der Waals surface area contributed by atoms with Gasteiger partial charge in [0.15, 0.2) is 0 Å². The first-order valence-corrected chi connectivity index (χ1v) is 8.03. The number of anilines is 1. The summed E-state index contributed by atoms with van der Waals surface area (Å²) in [6, 6.07) is 12.6. The Labute approximate surface area is 149 Å². The van der Waals surface area contributed by atoms with Crippen LogP contribution in [-0.2, 0) is 4.79 Å². The maximum Gasteiger partial charge on any atom is 0.265 e. The quantitative estimate of drug-likeness (QED) is 0.755. The largest absolute Gasteiger partial charge is 0.509 e. The molecule has 0 atom stereocenters. The van der Waals surface area contributed by atoms with E-state index < -0.39 is 0 Å². The van der Waals surface area contributed by atoms with Crippen molar-refractivity contribution in [3.8, 4) is 11.5 Å². The molecule has 0 saturated heterocycles. The molecular weight excluding hydrogens is 334 g/mol. The Morgan fingerprint density at radius 2 is 1.81 bits per heavy atom. The number of hydrogen-bond acceptors (Lipinski definition) is 5. The maximum atomic E-state index is 13.0. The average molecular weight is 351 g/mol. The van der Waals surface area contributed by atoms with E-state index in [9.17, 15) is 9.90 Å². The van der Waals surface area contributed by atoms with Gasteiger partial charge in [-0.15, -0.1) is 0 Å². The van der Waals surface area contributed by atoms with Crippen LogP contribution in [0.1, 0.15) is 5.82 Å². The Kier molecular flexibility index (Phi) is 3.76. The Balaban J connectivity index is 1.72. The van der Waals surface area contributed by atoms with Crippen molar-refractivity contribution in [3.63, 3.8) is 0 Å². The molecule has 0 radical (unpaired) electrons. The second-order valence-electron chi connectivity index (χ2n) is 5.89. The van der Waals surface area contributed by atoms with Crippen LogP contribution in [0.5, 0.6) is 11.5 Å². The van der Waals surface area contributed by atoms with Crippen molar-refractivity contribution < 1.29 is 19.4 Å². The second kappa shape index (κ2) is 6.11. The Morgan fingerprint density at radius 3 is 2.46 bits per heavy atom. The van der Waals surface area contributed by atoms with Crippen molar-refractivity contribution in [2.75, 3.05) is 25.7 Å². The fraction of sp³-hybridized carbons (Fsp3) is 0.158. The average Bonchev–Trinajstić information content (AvgIpc) is 3.21. The molecule has 26 heavy (non-hydrogen) atoms. The number of imidazole rings is 1. The Morgan fingerprint density at radius 1 is 1.12 bits per heavy atom. The monoisotopic (exact) mass is 351 g/mol. The van der Waals surface area contributed by atoms with E-state index in [1.54, 1.807) is 32.4 Å². The van der Waals surface area contributed by atoms with Crippen LogP contribution >= 0.6 is 0 Å². The first-order valence-electron chi connectivity index (χ1n) is 8.03. The number of rotatable bonds is 4. The molecule has 1 aliphatic rings. The van der Waals surface area contributed by atoms with Crippen LogP contribution in [-0.4, -0.2) is 41.7 Å². The fourth-order valence-corrected chi connectivity index (χ4v) is 3.02. The molecule has 2 heterocycles. The lowest BCUT2D eigenvalue weighted by atomic mass is 10.2. The smallest absolute Gasteiger partial charge is 0.265 e. The first-order chi connectivity index (χ1) is 12.6. The molecule has 2 N–H and O–H groups in total. The number of nitrogens with zero attached hydrogens (tertiary/aromatic N) is 2. The molecule has 3 aromatic rings. The summed E-state index contributed by atoms with van der Waals surface area (Å²) in [7, 11) is 3.08. The van der Waals surface area contributed by atoms with Gasteiger partial charge in [0, 0.05) is 18.2 Å². The number of aliphatic hydroxyl groups is 1. The van der Waals surface area contributed by atoms with Crippen molar-refractivity contribution >= 4 is 28.2 Å². The summed E-state index contributed by atoms with van der Waals surface area (Å²) in [6.45, 7) is 0.0571. The van der Waals surface area contributed by atoms with Gasteiger partial charge in [0.25, 0.3) is 5.91 Å². The highest BCUT2D eigenvalue weighted by Crippen LogP contribution is 2.34. The normalized spacial score (nSPS) is 14.4. The molecule has 1 aliphatic heterocycles. The third-order valence-corrected chi connectivity index (χ3v) is 4.33. The zero-order valence-electron chi connectivity index (χ0n) is 14.3. The number of aromatic nitrogens is 2. The van der Waals surface area contributed by atoms with Crippen LogP contribution in [0.4, 0.5) is 5.69 Å². The summed E-state index contributed by atoms with van der Waals surface area (Å²) in [6.07, 6.45) is 0. The van der Waals surface area contributed by atoms with Gasteiger partial charge >= 0.3 is 0 Å². The lowest BCUT2D eigenvalue weighted by Crippen LogP contribution is -2.26. The number of hydrogen-bond donors (Lipinski definition) is 2. The van der Waals surface area contributed by atoms with E-state index in [-0.39, 0.29) is 23.8 Å². The Bertz CT molecular complexity index is 983. The van der Waals surface area contributed by atoms with Gasteiger partial charge in [0.1, 0.15) is 28.7 Å². The number of ether oxygens (including phenoxy) is 2. The topological polar surface area (TPSA) is 87.7 Å². The summed E-state index contributed by atoms with van der Waals surface area (Å²) in [5.74, 6) is 1.10. The zero-order valence-corrected chi connectivity index (χ0v) is 14.3. The highest BCUT2D eigenvalue weighted by molar-refractivity contribution is 6.29. The molecular formula is C19H17N3O4. The third kappa shape index (κ3) is 2.54. The van der Waals surface area contributed by atoms with Crippen molar-refractivity contribution in [2.45, 2.75) is 0 Å². The predicted octanol–water partition coefficient (Wildman–Crippen LogP) is 2.90. The molecule has 2 aromatic carbocycles. The fourth-order valence-electron chi connectivity index (χ4n) is 3.02. The minimum atomic E-state index is -0.336. The van der Waals surface area contributed by atoms with Gasteiger partial charge in [-0.25, -0.2) is 4.98 Å². The van der Waals surface area contributed by atoms with Crippen molar-refractivity contribution in [1.82, 2.24) is 9.97 Å². The lowest BCUT2D eigenvalue weighted by molar-refractivity contribution is -0.112. The van der Waals surface area contributed by atoms with E-state index in [2.05, 4.69) is 9.97 Å². The van der Waals surface area contributed by atoms with Gasteiger partial charge in [0.05, 0.1) is 37.5 Å². The number of fused-ring (bicyclic) bond motifs is 1. The molecule has 4 rings (SSSR count). The minimum Gasteiger partial charge on any atom is -0.509 e. The summed E-state index contributed by atoms with van der Waals surface area (Å²) >= 11 is 0. The van der Waals surface area contributed by atoms with E-state index in [0.717, 1.165) is 11.0 Å². The number of aromatic amines is 1. The molecule has 0 unspecified atom stereocenters. The number of methoxy groups -OCH3 is 2. The van der Waals surface area contributed by atoms with Gasteiger partial charge in [0.2, 0.25) is 0 Å². The van der Waals surface area contributed by atoms with Gasteiger partial charge in [-0.05, 0) is 12.1 Å². The lowest BCUT2D eigenvalue weighted by Gasteiger charge is -2.18. The molecule has 132 valence electrons. The zero-order chi connectivity index (χ0) is 18.3. The number of benzene rings is 2. The van der Waals surface area contributed by atoms with Gasteiger partial charge in [-0.2, -0.15) is 0 Å². The van der Waals surface area contributed by atoms with E-state index in [1.165, 1.54) is 4.90 Å². The molecule has 0 saturated carbocycles. The summed E-state index contributed by atoms with van der Waals surface area (Å²) in [4.78, 5) is 21.9. The highest BCUT2D eigenvalue weighted by Gasteiger charge is 2.34. The molecule has 1 aromatic heterocycles. The molecule has 7 nitrogen and oxygen atoms in total. The van der Waals surface area contributed by atoms with E-state index in [0.29, 0.717) is 23.0 Å².